The fraction of sp³-hybridized carbons (Fsp3) is 0.280. The van der Waals surface area contributed by atoms with Crippen LogP contribution in [0.25, 0.3) is 0 Å². The molecule has 0 aliphatic rings. The number of nitrogens with one attached hydrogen (secondary N) is 1. The predicted octanol–water partition coefficient (Wildman–Crippen LogP) is 5.99. The van der Waals surface area contributed by atoms with Gasteiger partial charge in [0.25, 0.3) is 0 Å². The Morgan fingerprint density at radius 3 is 2.45 bits per heavy atom. The van der Waals surface area contributed by atoms with Crippen molar-refractivity contribution in [3.05, 3.63) is 72.4 Å². The minimum absolute atomic E-state index is 0. The van der Waals surface area contributed by atoms with E-state index >= 15 is 0 Å². The van der Waals surface area contributed by atoms with E-state index < -0.39 is 0 Å². The molecule has 0 saturated carbocycles. The molecule has 3 N–H and O–H groups in total. The van der Waals surface area contributed by atoms with Crippen LogP contribution in [0.15, 0.2) is 71.9 Å². The van der Waals surface area contributed by atoms with Crippen molar-refractivity contribution in [3.63, 3.8) is 0 Å². The highest BCUT2D eigenvalue weighted by Crippen LogP contribution is 2.32. The SMILES string of the molecule is CCCOc1ccccc1Oc1ncccc1CN=C(N)Nc1ccc(OC(C)C)cc1.I. The molecule has 0 amide bonds. The summed E-state index contributed by atoms with van der Waals surface area (Å²) >= 11 is 0. The molecule has 1 heterocycles. The average molecular weight is 562 g/mol. The summed E-state index contributed by atoms with van der Waals surface area (Å²) in [5.74, 6) is 2.86. The van der Waals surface area contributed by atoms with Crippen LogP contribution in [-0.4, -0.2) is 23.7 Å². The molecule has 0 aliphatic heterocycles. The van der Waals surface area contributed by atoms with Gasteiger partial charge in [-0.2, -0.15) is 0 Å². The minimum atomic E-state index is 0. The van der Waals surface area contributed by atoms with Gasteiger partial charge in [-0.1, -0.05) is 25.1 Å². The third-order valence-electron chi connectivity index (χ3n) is 4.29. The number of ether oxygens (including phenoxy) is 3. The van der Waals surface area contributed by atoms with Gasteiger partial charge in [0.15, 0.2) is 17.5 Å². The molecule has 2 aromatic carbocycles. The summed E-state index contributed by atoms with van der Waals surface area (Å²) < 4.78 is 17.5. The number of benzene rings is 2. The monoisotopic (exact) mass is 562 g/mol. The molecule has 0 fully saturated rings. The molecule has 0 bridgehead atoms. The Hall–Kier alpha value is -3.01. The summed E-state index contributed by atoms with van der Waals surface area (Å²) in [5.41, 5.74) is 7.71. The predicted molar refractivity (Wildman–Crippen MR) is 143 cm³/mol. The molecular formula is C25H31IN4O3. The summed E-state index contributed by atoms with van der Waals surface area (Å²) in [5, 5.41) is 3.09. The van der Waals surface area contributed by atoms with Crippen molar-refractivity contribution in [1.82, 2.24) is 4.98 Å². The van der Waals surface area contributed by atoms with Gasteiger partial charge in [0.05, 0.1) is 19.3 Å². The quantitative estimate of drug-likeness (QED) is 0.179. The van der Waals surface area contributed by atoms with E-state index in [-0.39, 0.29) is 30.1 Å². The number of nitrogens with zero attached hydrogens (tertiary/aromatic N) is 2. The molecule has 0 radical (unpaired) electrons. The molecule has 1 aromatic heterocycles. The number of nitrogens with two attached hydrogens (primary N) is 1. The van der Waals surface area contributed by atoms with Gasteiger partial charge in [-0.05, 0) is 62.7 Å². The molecule has 0 saturated heterocycles. The summed E-state index contributed by atoms with van der Waals surface area (Å²) in [6.07, 6.45) is 2.72. The number of para-hydroxylation sites is 2. The standard InChI is InChI=1S/C25H30N4O3.HI/c1-4-16-30-22-9-5-6-10-23(22)32-24-19(8-7-15-27-24)17-28-25(26)29-20-11-13-21(14-12-20)31-18(2)3;/h5-15,18H,4,16-17H2,1-3H3,(H3,26,28,29);1H. The molecular weight excluding hydrogens is 531 g/mol. The third kappa shape index (κ3) is 8.45. The summed E-state index contributed by atoms with van der Waals surface area (Å²) in [7, 11) is 0. The van der Waals surface area contributed by atoms with Gasteiger partial charge in [-0.3, -0.25) is 0 Å². The number of halogens is 1. The van der Waals surface area contributed by atoms with E-state index in [1.807, 2.05) is 74.5 Å². The normalized spacial score (nSPS) is 11.0. The first kappa shape index (κ1) is 26.2. The van der Waals surface area contributed by atoms with E-state index in [0.29, 0.717) is 36.5 Å². The van der Waals surface area contributed by atoms with Crippen LogP contribution in [0.3, 0.4) is 0 Å². The van der Waals surface area contributed by atoms with Crippen molar-refractivity contribution < 1.29 is 14.2 Å². The fourth-order valence-electron chi connectivity index (χ4n) is 2.85. The lowest BCUT2D eigenvalue weighted by molar-refractivity contribution is 0.242. The largest absolute Gasteiger partial charge is 0.491 e. The molecule has 3 rings (SSSR count). The first-order chi connectivity index (χ1) is 15.5. The Labute approximate surface area is 212 Å². The summed E-state index contributed by atoms with van der Waals surface area (Å²) in [6.45, 7) is 6.97. The topological polar surface area (TPSA) is 91.0 Å². The molecule has 33 heavy (non-hydrogen) atoms. The van der Waals surface area contributed by atoms with Crippen LogP contribution in [0.5, 0.6) is 23.1 Å². The third-order valence-corrected chi connectivity index (χ3v) is 4.29. The Morgan fingerprint density at radius 1 is 1.03 bits per heavy atom. The Balaban J connectivity index is 0.00000385. The summed E-state index contributed by atoms with van der Waals surface area (Å²) in [4.78, 5) is 8.80. The zero-order valence-electron chi connectivity index (χ0n) is 19.2. The smallest absolute Gasteiger partial charge is 0.224 e. The number of aromatic nitrogens is 1. The van der Waals surface area contributed by atoms with Gasteiger partial charge in [-0.25, -0.2) is 9.98 Å². The van der Waals surface area contributed by atoms with Crippen molar-refractivity contribution in [2.24, 2.45) is 10.7 Å². The van der Waals surface area contributed by atoms with Crippen LogP contribution < -0.4 is 25.3 Å². The highest BCUT2D eigenvalue weighted by atomic mass is 127. The number of hydrogen-bond donors (Lipinski definition) is 2. The highest BCUT2D eigenvalue weighted by Gasteiger charge is 2.10. The number of pyridine rings is 1. The van der Waals surface area contributed by atoms with Crippen LogP contribution >= 0.6 is 24.0 Å². The average Bonchev–Trinajstić information content (AvgIpc) is 2.79. The fourth-order valence-corrected chi connectivity index (χ4v) is 2.85. The number of aliphatic imine (C=N–C) groups is 1. The molecule has 0 atom stereocenters. The zero-order chi connectivity index (χ0) is 22.8. The van der Waals surface area contributed by atoms with Crippen molar-refractivity contribution in [2.45, 2.75) is 39.8 Å². The van der Waals surface area contributed by atoms with Gasteiger partial charge in [0, 0.05) is 17.4 Å². The first-order valence-corrected chi connectivity index (χ1v) is 10.7. The molecule has 0 spiro atoms. The lowest BCUT2D eigenvalue weighted by Crippen LogP contribution is -2.22. The van der Waals surface area contributed by atoms with Crippen LogP contribution in [0.4, 0.5) is 5.69 Å². The van der Waals surface area contributed by atoms with Gasteiger partial charge in [0.2, 0.25) is 5.88 Å². The molecule has 176 valence electrons. The lowest BCUT2D eigenvalue weighted by Gasteiger charge is -2.13. The van der Waals surface area contributed by atoms with E-state index in [9.17, 15) is 0 Å². The Bertz CT molecular complexity index is 1030. The second-order valence-corrected chi connectivity index (χ2v) is 7.38. The molecule has 7 nitrogen and oxygen atoms in total. The van der Waals surface area contributed by atoms with E-state index in [2.05, 4.69) is 22.2 Å². The van der Waals surface area contributed by atoms with Gasteiger partial charge in [0.1, 0.15) is 5.75 Å². The van der Waals surface area contributed by atoms with Crippen molar-refractivity contribution >= 4 is 35.6 Å². The van der Waals surface area contributed by atoms with Crippen molar-refractivity contribution in [1.29, 1.82) is 0 Å². The van der Waals surface area contributed by atoms with E-state index in [4.69, 9.17) is 19.9 Å². The molecule has 3 aromatic rings. The molecule has 0 aliphatic carbocycles. The van der Waals surface area contributed by atoms with Crippen LogP contribution in [0, 0.1) is 0 Å². The van der Waals surface area contributed by atoms with E-state index in [0.717, 1.165) is 23.4 Å². The van der Waals surface area contributed by atoms with Crippen LogP contribution in [0.1, 0.15) is 32.8 Å². The zero-order valence-corrected chi connectivity index (χ0v) is 21.5. The van der Waals surface area contributed by atoms with Gasteiger partial charge >= 0.3 is 0 Å². The van der Waals surface area contributed by atoms with Crippen LogP contribution in [-0.2, 0) is 6.54 Å². The second-order valence-electron chi connectivity index (χ2n) is 7.38. The van der Waals surface area contributed by atoms with Crippen LogP contribution in [0.2, 0.25) is 0 Å². The number of hydrogen-bond acceptors (Lipinski definition) is 5. The Kier molecular flexibility index (Phi) is 10.8. The second kappa shape index (κ2) is 13.5. The van der Waals surface area contributed by atoms with E-state index in [1.165, 1.54) is 0 Å². The maximum absolute atomic E-state index is 6.08. The minimum Gasteiger partial charge on any atom is -0.491 e. The number of guanidine groups is 1. The first-order valence-electron chi connectivity index (χ1n) is 10.7. The van der Waals surface area contributed by atoms with Gasteiger partial charge in [-0.15, -0.1) is 24.0 Å². The molecule has 8 heteroatoms. The maximum Gasteiger partial charge on any atom is 0.224 e. The Morgan fingerprint density at radius 2 is 1.76 bits per heavy atom. The summed E-state index contributed by atoms with van der Waals surface area (Å²) in [6, 6.07) is 18.9. The number of anilines is 1. The van der Waals surface area contributed by atoms with Gasteiger partial charge < -0.3 is 25.3 Å². The van der Waals surface area contributed by atoms with Crippen molar-refractivity contribution in [2.75, 3.05) is 11.9 Å². The molecule has 0 unspecified atom stereocenters. The van der Waals surface area contributed by atoms with Crippen molar-refractivity contribution in [3.8, 4) is 23.1 Å². The maximum atomic E-state index is 6.08. The number of rotatable bonds is 10. The highest BCUT2D eigenvalue weighted by molar-refractivity contribution is 14.0. The lowest BCUT2D eigenvalue weighted by atomic mass is 10.2. The van der Waals surface area contributed by atoms with E-state index in [1.54, 1.807) is 6.20 Å².